The van der Waals surface area contributed by atoms with Crippen LogP contribution < -0.4 is 10.1 Å². The summed E-state index contributed by atoms with van der Waals surface area (Å²) in [5.74, 6) is -0.796. The Morgan fingerprint density at radius 2 is 1.73 bits per heavy atom. The predicted octanol–water partition coefficient (Wildman–Crippen LogP) is 3.43. The van der Waals surface area contributed by atoms with Gasteiger partial charge < -0.3 is 15.0 Å². The highest BCUT2D eigenvalue weighted by Crippen LogP contribution is 2.31. The molecular formula is C22H23F3N2O3. The third-order valence-electron chi connectivity index (χ3n) is 4.86. The minimum absolute atomic E-state index is 0.0644. The molecule has 2 aromatic carbocycles. The first kappa shape index (κ1) is 21.7. The standard InChI is InChI=1S/C22H23F3N2O3/c23-22(24,25)17-9-6-10-18(14-17)30-15-20(28)26-19(13-16-7-2-1-3-8-16)21(29)27-11-4-5-12-27/h1-3,6-10,14,19H,4-5,11-13,15H2,(H,26,28). The van der Waals surface area contributed by atoms with Crippen LogP contribution in [0.15, 0.2) is 54.6 Å². The van der Waals surface area contributed by atoms with Gasteiger partial charge in [-0.25, -0.2) is 0 Å². The van der Waals surface area contributed by atoms with Crippen molar-refractivity contribution in [2.75, 3.05) is 19.7 Å². The molecule has 0 radical (unpaired) electrons. The van der Waals surface area contributed by atoms with E-state index in [0.29, 0.717) is 19.5 Å². The first-order valence-corrected chi connectivity index (χ1v) is 9.75. The average Bonchev–Trinajstić information content (AvgIpc) is 3.26. The lowest BCUT2D eigenvalue weighted by atomic mass is 10.0. The number of carbonyl (C=O) groups is 2. The molecule has 1 atom stereocenters. The molecule has 1 aliphatic rings. The maximum atomic E-state index is 12.9. The van der Waals surface area contributed by atoms with Crippen LogP contribution in [0.5, 0.6) is 5.75 Å². The summed E-state index contributed by atoms with van der Waals surface area (Å²) < 4.78 is 43.6. The Hall–Kier alpha value is -3.03. The molecule has 1 fully saturated rings. The number of amides is 2. The summed E-state index contributed by atoms with van der Waals surface area (Å²) in [6, 6.07) is 12.9. The van der Waals surface area contributed by atoms with Crippen molar-refractivity contribution in [3.63, 3.8) is 0 Å². The van der Waals surface area contributed by atoms with E-state index in [4.69, 9.17) is 4.74 Å². The Morgan fingerprint density at radius 3 is 2.40 bits per heavy atom. The molecule has 1 unspecified atom stereocenters. The molecule has 1 heterocycles. The van der Waals surface area contributed by atoms with E-state index in [2.05, 4.69) is 5.32 Å². The van der Waals surface area contributed by atoms with Crippen molar-refractivity contribution in [2.24, 2.45) is 0 Å². The van der Waals surface area contributed by atoms with Crippen LogP contribution in [0.1, 0.15) is 24.0 Å². The molecule has 2 aromatic rings. The second-order valence-electron chi connectivity index (χ2n) is 7.16. The zero-order chi connectivity index (χ0) is 21.6. The molecule has 3 rings (SSSR count). The molecule has 1 N–H and O–H groups in total. The molecule has 1 saturated heterocycles. The minimum Gasteiger partial charge on any atom is -0.484 e. The molecule has 1 aliphatic heterocycles. The van der Waals surface area contributed by atoms with Crippen molar-refractivity contribution in [1.29, 1.82) is 0 Å². The van der Waals surface area contributed by atoms with Crippen molar-refractivity contribution >= 4 is 11.8 Å². The molecule has 0 saturated carbocycles. The van der Waals surface area contributed by atoms with Gasteiger partial charge in [0.25, 0.3) is 5.91 Å². The normalized spacial score (nSPS) is 15.0. The van der Waals surface area contributed by atoms with Crippen molar-refractivity contribution in [2.45, 2.75) is 31.5 Å². The number of benzene rings is 2. The molecule has 0 bridgehead atoms. The van der Waals surface area contributed by atoms with Crippen LogP contribution in [0.2, 0.25) is 0 Å². The van der Waals surface area contributed by atoms with Gasteiger partial charge in [-0.2, -0.15) is 13.2 Å². The Bertz CT molecular complexity index is 865. The smallest absolute Gasteiger partial charge is 0.416 e. The lowest BCUT2D eigenvalue weighted by Gasteiger charge is -2.24. The van der Waals surface area contributed by atoms with Gasteiger partial charge in [-0.3, -0.25) is 9.59 Å². The summed E-state index contributed by atoms with van der Waals surface area (Å²) in [5.41, 5.74) is 0.0423. The summed E-state index contributed by atoms with van der Waals surface area (Å²) in [7, 11) is 0. The fourth-order valence-electron chi connectivity index (χ4n) is 3.35. The average molecular weight is 420 g/mol. The van der Waals surface area contributed by atoms with Crippen molar-refractivity contribution in [3.05, 3.63) is 65.7 Å². The molecule has 5 nitrogen and oxygen atoms in total. The fraction of sp³-hybridized carbons (Fsp3) is 0.364. The third kappa shape index (κ3) is 5.98. The summed E-state index contributed by atoms with van der Waals surface area (Å²) in [6.07, 6.45) is -2.32. The van der Waals surface area contributed by atoms with Gasteiger partial charge in [-0.1, -0.05) is 36.4 Å². The SMILES string of the molecule is O=C(COc1cccc(C(F)(F)F)c1)NC(Cc1ccccc1)C(=O)N1CCCC1. The zero-order valence-corrected chi connectivity index (χ0v) is 16.3. The van der Waals surface area contributed by atoms with Crippen LogP contribution in [0.4, 0.5) is 13.2 Å². The number of rotatable bonds is 7. The number of nitrogens with one attached hydrogen (secondary N) is 1. The highest BCUT2D eigenvalue weighted by Gasteiger charge is 2.31. The zero-order valence-electron chi connectivity index (χ0n) is 16.3. The van der Waals surface area contributed by atoms with Gasteiger partial charge in [0.05, 0.1) is 5.56 Å². The third-order valence-corrected chi connectivity index (χ3v) is 4.86. The number of alkyl halides is 3. The van der Waals surface area contributed by atoms with Crippen LogP contribution in [0.25, 0.3) is 0 Å². The largest absolute Gasteiger partial charge is 0.484 e. The second-order valence-corrected chi connectivity index (χ2v) is 7.16. The number of hydrogen-bond donors (Lipinski definition) is 1. The topological polar surface area (TPSA) is 58.6 Å². The quantitative estimate of drug-likeness (QED) is 0.747. The van der Waals surface area contributed by atoms with Crippen LogP contribution in [-0.4, -0.2) is 42.5 Å². The van der Waals surface area contributed by atoms with Crippen molar-refractivity contribution in [3.8, 4) is 5.75 Å². The fourth-order valence-corrected chi connectivity index (χ4v) is 3.35. The van der Waals surface area contributed by atoms with Crippen molar-refractivity contribution < 1.29 is 27.5 Å². The highest BCUT2D eigenvalue weighted by molar-refractivity contribution is 5.88. The summed E-state index contributed by atoms with van der Waals surface area (Å²) in [6.45, 7) is 0.821. The van der Waals surface area contributed by atoms with Gasteiger partial charge >= 0.3 is 6.18 Å². The molecule has 0 aliphatic carbocycles. The van der Waals surface area contributed by atoms with Gasteiger partial charge in [-0.05, 0) is 36.6 Å². The maximum Gasteiger partial charge on any atom is 0.416 e. The molecule has 160 valence electrons. The number of nitrogens with zero attached hydrogens (tertiary/aromatic N) is 1. The molecule has 8 heteroatoms. The maximum absolute atomic E-state index is 12.9. The summed E-state index contributed by atoms with van der Waals surface area (Å²) >= 11 is 0. The number of carbonyl (C=O) groups excluding carboxylic acids is 2. The molecule has 0 spiro atoms. The number of hydrogen-bond acceptors (Lipinski definition) is 3. The van der Waals surface area contributed by atoms with Gasteiger partial charge in [0.15, 0.2) is 6.61 Å². The van der Waals surface area contributed by atoms with Crippen LogP contribution in [-0.2, 0) is 22.2 Å². The highest BCUT2D eigenvalue weighted by atomic mass is 19.4. The van der Waals surface area contributed by atoms with Gasteiger partial charge in [0.2, 0.25) is 5.91 Å². The Morgan fingerprint density at radius 1 is 1.03 bits per heavy atom. The van der Waals surface area contributed by atoms with Crippen LogP contribution >= 0.6 is 0 Å². The predicted molar refractivity (Wildman–Crippen MR) is 105 cm³/mol. The Balaban J connectivity index is 1.63. The van der Waals surface area contributed by atoms with Crippen LogP contribution in [0.3, 0.4) is 0 Å². The van der Waals surface area contributed by atoms with E-state index in [-0.39, 0.29) is 11.7 Å². The molecule has 0 aromatic heterocycles. The number of likely N-dealkylation sites (tertiary alicyclic amines) is 1. The first-order valence-electron chi connectivity index (χ1n) is 9.75. The lowest BCUT2D eigenvalue weighted by Crippen LogP contribution is -2.50. The first-order chi connectivity index (χ1) is 14.3. The van der Waals surface area contributed by atoms with Crippen molar-refractivity contribution in [1.82, 2.24) is 10.2 Å². The molecule has 30 heavy (non-hydrogen) atoms. The van der Waals surface area contributed by atoms with Gasteiger partial charge in [0.1, 0.15) is 11.8 Å². The number of ether oxygens (including phenoxy) is 1. The van der Waals surface area contributed by atoms with E-state index in [1.54, 1.807) is 4.90 Å². The second kappa shape index (κ2) is 9.65. The van der Waals surface area contributed by atoms with E-state index in [9.17, 15) is 22.8 Å². The molecule has 2 amide bonds. The number of halogens is 3. The van der Waals surface area contributed by atoms with Gasteiger partial charge in [-0.15, -0.1) is 0 Å². The summed E-state index contributed by atoms with van der Waals surface area (Å²) in [5, 5.41) is 2.68. The lowest BCUT2D eigenvalue weighted by molar-refractivity contribution is -0.138. The molecular weight excluding hydrogens is 397 g/mol. The monoisotopic (exact) mass is 420 g/mol. The van der Waals surface area contributed by atoms with E-state index < -0.39 is 30.3 Å². The summed E-state index contributed by atoms with van der Waals surface area (Å²) in [4.78, 5) is 27.0. The Labute approximate surface area is 172 Å². The van der Waals surface area contributed by atoms with Crippen LogP contribution in [0, 0.1) is 0 Å². The van der Waals surface area contributed by atoms with E-state index >= 15 is 0 Å². The van der Waals surface area contributed by atoms with E-state index in [1.807, 2.05) is 30.3 Å². The van der Waals surface area contributed by atoms with E-state index in [0.717, 1.165) is 30.5 Å². The van der Waals surface area contributed by atoms with Gasteiger partial charge in [0, 0.05) is 19.5 Å². The minimum atomic E-state index is -4.50. The van der Waals surface area contributed by atoms with E-state index in [1.165, 1.54) is 12.1 Å². The Kier molecular flexibility index (Phi) is 6.97.